The summed E-state index contributed by atoms with van der Waals surface area (Å²) in [6.07, 6.45) is 4.83. The number of rotatable bonds is 6. The lowest BCUT2D eigenvalue weighted by Gasteiger charge is -2.34. The molecule has 1 aliphatic heterocycles. The molecule has 0 atom stereocenters. The van der Waals surface area contributed by atoms with E-state index in [4.69, 9.17) is 16.0 Å². The van der Waals surface area contributed by atoms with Crippen LogP contribution in [-0.4, -0.2) is 53.8 Å². The Kier molecular flexibility index (Phi) is 11.0. The molecule has 0 bridgehead atoms. The predicted molar refractivity (Wildman–Crippen MR) is 143 cm³/mol. The Morgan fingerprint density at radius 1 is 1.30 bits per heavy atom. The maximum atomic E-state index is 8.99. The number of thiazole rings is 1. The Bertz CT molecular complexity index is 995. The van der Waals surface area contributed by atoms with Crippen LogP contribution < -0.4 is 11.1 Å². The highest BCUT2D eigenvalue weighted by molar-refractivity contribution is 8.03. The third-order valence-corrected chi connectivity index (χ3v) is 6.10. The molecular weight excluding hydrogens is 450 g/mol. The van der Waals surface area contributed by atoms with Crippen LogP contribution >= 0.6 is 23.1 Å². The van der Waals surface area contributed by atoms with Gasteiger partial charge in [0.2, 0.25) is 0 Å². The highest BCUT2D eigenvalue weighted by Gasteiger charge is 2.17. The second-order valence-electron chi connectivity index (χ2n) is 7.63. The van der Waals surface area contributed by atoms with Crippen LogP contribution in [0.15, 0.2) is 63.7 Å². The molecule has 7 nitrogen and oxygen atoms in total. The molecule has 1 aliphatic rings. The van der Waals surface area contributed by atoms with E-state index in [1.165, 1.54) is 29.5 Å². The summed E-state index contributed by atoms with van der Waals surface area (Å²) in [5.41, 5.74) is 7.40. The number of aliphatic imine (C=N–C) groups is 1. The van der Waals surface area contributed by atoms with Crippen molar-refractivity contribution in [3.05, 3.63) is 58.7 Å². The highest BCUT2D eigenvalue weighted by atomic mass is 32.2. The molecule has 0 aliphatic carbocycles. The Hall–Kier alpha value is -2.80. The van der Waals surface area contributed by atoms with Gasteiger partial charge in [-0.05, 0) is 44.3 Å². The zero-order chi connectivity index (χ0) is 24.2. The van der Waals surface area contributed by atoms with Crippen LogP contribution in [0.3, 0.4) is 0 Å². The number of nitrogens with two attached hydrogens (primary N) is 1. The quantitative estimate of drug-likeness (QED) is 0.251. The summed E-state index contributed by atoms with van der Waals surface area (Å²) >= 11 is 2.84. The Balaban J connectivity index is 0.00000122. The summed E-state index contributed by atoms with van der Waals surface area (Å²) < 4.78 is 0. The van der Waals surface area contributed by atoms with Crippen LogP contribution in [0, 0.1) is 11.3 Å². The Morgan fingerprint density at radius 2 is 1.94 bits per heavy atom. The van der Waals surface area contributed by atoms with Crippen LogP contribution in [0.5, 0.6) is 0 Å². The molecule has 9 heteroatoms. The minimum Gasteiger partial charge on any atom is -0.399 e. The van der Waals surface area contributed by atoms with Crippen molar-refractivity contribution < 1.29 is 0 Å². The minimum absolute atomic E-state index is 0.575. The van der Waals surface area contributed by atoms with Gasteiger partial charge in [0.25, 0.3) is 0 Å². The van der Waals surface area contributed by atoms with E-state index in [0.29, 0.717) is 15.0 Å². The third kappa shape index (κ3) is 9.30. The molecule has 1 aromatic heterocycles. The van der Waals surface area contributed by atoms with Gasteiger partial charge in [0, 0.05) is 42.5 Å². The molecule has 0 spiro atoms. The Labute approximate surface area is 205 Å². The fraction of sp³-hybridized carbons (Fsp3) is 0.375. The summed E-state index contributed by atoms with van der Waals surface area (Å²) in [6.45, 7) is 14.1. The number of nitrogen functional groups attached to an aromatic ring is 1. The lowest BCUT2D eigenvalue weighted by Crippen LogP contribution is -2.46. The molecule has 3 N–H and O–H groups in total. The normalized spacial score (nSPS) is 14.8. The molecular formula is C24H33N7S2. The highest BCUT2D eigenvalue weighted by Crippen LogP contribution is 2.27. The van der Waals surface area contributed by atoms with Crippen LogP contribution in [0.4, 0.5) is 10.8 Å². The van der Waals surface area contributed by atoms with Gasteiger partial charge < -0.3 is 20.9 Å². The molecule has 0 saturated carbocycles. The topological polar surface area (TPSA) is 93.6 Å². The fourth-order valence-electron chi connectivity index (χ4n) is 2.83. The van der Waals surface area contributed by atoms with Crippen molar-refractivity contribution in [1.29, 1.82) is 5.26 Å². The third-order valence-electron chi connectivity index (χ3n) is 4.45. The number of amidine groups is 1. The van der Waals surface area contributed by atoms with Crippen molar-refractivity contribution >= 4 is 39.8 Å². The number of likely N-dealkylation sites (N-methyl/N-ethyl adjacent to an activating group) is 1. The van der Waals surface area contributed by atoms with Crippen LogP contribution in [-0.2, 0) is 0 Å². The lowest BCUT2D eigenvalue weighted by atomic mass is 10.3. The number of piperazine rings is 1. The van der Waals surface area contributed by atoms with Gasteiger partial charge in [-0.15, -0.1) is 0 Å². The van der Waals surface area contributed by atoms with Crippen molar-refractivity contribution in [2.24, 2.45) is 4.99 Å². The first-order chi connectivity index (χ1) is 15.8. The molecule has 0 amide bonds. The van der Waals surface area contributed by atoms with E-state index in [-0.39, 0.29) is 0 Å². The summed E-state index contributed by atoms with van der Waals surface area (Å²) in [5.74, 6) is 0.859. The van der Waals surface area contributed by atoms with E-state index in [1.54, 1.807) is 6.20 Å². The summed E-state index contributed by atoms with van der Waals surface area (Å²) in [7, 11) is 2.13. The standard InChI is InChI=1S/C21H25N7S2.C3H8/c1-15(25-21-24-14-19(13-22)30-21)12-20(28-10-8-27(3)9-11-28)26-16(2)29-18-6-4-17(23)5-7-18;1-3-2/h4-7,12,14H,2,8-11,23H2,1,3H3,(H,24,25);3H2,1-2H3/b15-12+,26-20+;. The van der Waals surface area contributed by atoms with Crippen LogP contribution in [0.25, 0.3) is 0 Å². The molecule has 176 valence electrons. The summed E-state index contributed by atoms with van der Waals surface area (Å²) in [5, 5.41) is 13.6. The van der Waals surface area contributed by atoms with E-state index < -0.39 is 0 Å². The van der Waals surface area contributed by atoms with Gasteiger partial charge in [-0.25, -0.2) is 9.98 Å². The molecule has 2 heterocycles. The first-order valence-corrected chi connectivity index (χ1v) is 12.5. The molecule has 1 aromatic carbocycles. The number of benzene rings is 1. The van der Waals surface area contributed by atoms with Crippen molar-refractivity contribution in [2.45, 2.75) is 32.1 Å². The number of nitrogens with one attached hydrogen (secondary N) is 1. The monoisotopic (exact) mass is 483 g/mol. The number of hydrogen-bond donors (Lipinski definition) is 2. The summed E-state index contributed by atoms with van der Waals surface area (Å²) in [4.78, 5) is 15.2. The fourth-order valence-corrected chi connectivity index (χ4v) is 4.19. The van der Waals surface area contributed by atoms with Crippen LogP contribution in [0.1, 0.15) is 32.1 Å². The molecule has 0 unspecified atom stereocenters. The lowest BCUT2D eigenvalue weighted by molar-refractivity contribution is 0.216. The van der Waals surface area contributed by atoms with Gasteiger partial charge in [-0.3, -0.25) is 0 Å². The molecule has 33 heavy (non-hydrogen) atoms. The van der Waals surface area contributed by atoms with Gasteiger partial charge in [0.05, 0.1) is 11.2 Å². The smallest absolute Gasteiger partial charge is 0.188 e. The second kappa shape index (κ2) is 13.7. The number of allylic oxidation sites excluding steroid dienone is 1. The number of nitriles is 1. The SMILES string of the molecule is C=C(/N=C(\C=C(/C)Nc1ncc(C#N)s1)N1CCN(C)CC1)Sc1ccc(N)cc1.CCC. The average Bonchev–Trinajstić information content (AvgIpc) is 3.23. The summed E-state index contributed by atoms with van der Waals surface area (Å²) in [6, 6.07) is 9.79. The van der Waals surface area contributed by atoms with E-state index >= 15 is 0 Å². The van der Waals surface area contributed by atoms with E-state index in [2.05, 4.69) is 53.6 Å². The van der Waals surface area contributed by atoms with Gasteiger partial charge in [0.15, 0.2) is 5.13 Å². The van der Waals surface area contributed by atoms with E-state index in [1.807, 2.05) is 37.3 Å². The largest absolute Gasteiger partial charge is 0.399 e. The van der Waals surface area contributed by atoms with Gasteiger partial charge in [-0.1, -0.05) is 49.9 Å². The van der Waals surface area contributed by atoms with E-state index in [0.717, 1.165) is 48.3 Å². The van der Waals surface area contributed by atoms with Crippen molar-refractivity contribution in [3.63, 3.8) is 0 Å². The molecule has 0 radical (unpaired) electrons. The number of thioether (sulfide) groups is 1. The first kappa shape index (κ1) is 26.5. The van der Waals surface area contributed by atoms with Crippen molar-refractivity contribution in [2.75, 3.05) is 44.3 Å². The average molecular weight is 484 g/mol. The zero-order valence-electron chi connectivity index (χ0n) is 19.8. The Morgan fingerprint density at radius 3 is 2.52 bits per heavy atom. The number of hydrogen-bond acceptors (Lipinski definition) is 8. The zero-order valence-corrected chi connectivity index (χ0v) is 21.5. The minimum atomic E-state index is 0.575. The second-order valence-corrected chi connectivity index (χ2v) is 9.80. The van der Waals surface area contributed by atoms with Gasteiger partial charge in [-0.2, -0.15) is 5.26 Å². The predicted octanol–water partition coefficient (Wildman–Crippen LogP) is 5.24. The molecule has 2 aromatic rings. The van der Waals surface area contributed by atoms with Crippen LogP contribution in [0.2, 0.25) is 0 Å². The molecule has 1 saturated heterocycles. The first-order valence-electron chi connectivity index (χ1n) is 10.9. The van der Waals surface area contributed by atoms with Gasteiger partial charge in [0.1, 0.15) is 16.8 Å². The van der Waals surface area contributed by atoms with Gasteiger partial charge >= 0.3 is 0 Å². The molecule has 3 rings (SSSR count). The molecule has 1 fully saturated rings. The van der Waals surface area contributed by atoms with Crippen molar-refractivity contribution in [1.82, 2.24) is 14.8 Å². The van der Waals surface area contributed by atoms with E-state index in [9.17, 15) is 0 Å². The maximum Gasteiger partial charge on any atom is 0.188 e. The number of aromatic nitrogens is 1. The van der Waals surface area contributed by atoms with Crippen molar-refractivity contribution in [3.8, 4) is 6.07 Å². The number of nitrogens with zero attached hydrogens (tertiary/aromatic N) is 5. The number of anilines is 2. The maximum absolute atomic E-state index is 8.99.